The van der Waals surface area contributed by atoms with Gasteiger partial charge in [0.2, 0.25) is 0 Å². The van der Waals surface area contributed by atoms with Crippen molar-refractivity contribution in [3.8, 4) is 0 Å². The van der Waals surface area contributed by atoms with Gasteiger partial charge in [-0.25, -0.2) is 0 Å². The summed E-state index contributed by atoms with van der Waals surface area (Å²) >= 11 is 0. The van der Waals surface area contributed by atoms with E-state index < -0.39 is 0 Å². The highest BCUT2D eigenvalue weighted by Crippen LogP contribution is 2.30. The van der Waals surface area contributed by atoms with Crippen LogP contribution in [0.1, 0.15) is 52.4 Å². The van der Waals surface area contributed by atoms with Gasteiger partial charge in [-0.2, -0.15) is 0 Å². The maximum atomic E-state index is 6.02. The van der Waals surface area contributed by atoms with E-state index in [0.29, 0.717) is 6.04 Å². The van der Waals surface area contributed by atoms with Crippen LogP contribution in [-0.2, 0) is 0 Å². The van der Waals surface area contributed by atoms with Crippen LogP contribution in [0.4, 0.5) is 0 Å². The quantitative estimate of drug-likeness (QED) is 0.688. The fraction of sp³-hybridized carbons (Fsp3) is 1.00. The van der Waals surface area contributed by atoms with Crippen LogP contribution >= 0.6 is 0 Å². The largest absolute Gasteiger partial charge is 0.327 e. The number of hydrogen-bond donors (Lipinski definition) is 1. The standard InChI is InChI=1S/C11H23N/c1-3-5-9(2)8-10-6-4-7-11(10)12/h9-11H,3-8,12H2,1-2H3. The zero-order valence-electron chi connectivity index (χ0n) is 8.55. The molecule has 1 saturated carbocycles. The summed E-state index contributed by atoms with van der Waals surface area (Å²) in [5.74, 6) is 1.73. The van der Waals surface area contributed by atoms with Crippen LogP contribution in [0.2, 0.25) is 0 Å². The molecule has 0 aromatic heterocycles. The third-order valence-electron chi connectivity index (χ3n) is 3.20. The van der Waals surface area contributed by atoms with Crippen molar-refractivity contribution in [2.75, 3.05) is 0 Å². The normalized spacial score (nSPS) is 32.2. The molecule has 0 heterocycles. The van der Waals surface area contributed by atoms with Crippen LogP contribution < -0.4 is 5.73 Å². The molecule has 1 nitrogen and oxygen atoms in total. The van der Waals surface area contributed by atoms with E-state index in [-0.39, 0.29) is 0 Å². The minimum atomic E-state index is 0.518. The molecule has 0 saturated heterocycles. The fourth-order valence-corrected chi connectivity index (χ4v) is 2.49. The van der Waals surface area contributed by atoms with E-state index in [1.54, 1.807) is 0 Å². The zero-order valence-corrected chi connectivity index (χ0v) is 8.55. The molecule has 1 aliphatic carbocycles. The molecule has 3 atom stereocenters. The molecule has 1 fully saturated rings. The predicted octanol–water partition coefficient (Wildman–Crippen LogP) is 2.94. The Hall–Kier alpha value is -0.0400. The summed E-state index contributed by atoms with van der Waals surface area (Å²) in [7, 11) is 0. The molecule has 0 aromatic carbocycles. The molecule has 0 radical (unpaired) electrons. The number of rotatable bonds is 4. The van der Waals surface area contributed by atoms with Crippen LogP contribution in [0.15, 0.2) is 0 Å². The highest BCUT2D eigenvalue weighted by molar-refractivity contribution is 4.81. The van der Waals surface area contributed by atoms with Crippen molar-refractivity contribution in [3.63, 3.8) is 0 Å². The Morgan fingerprint density at radius 3 is 2.67 bits per heavy atom. The SMILES string of the molecule is CCCC(C)CC1CCCC1N. The lowest BCUT2D eigenvalue weighted by atomic mass is 9.90. The smallest absolute Gasteiger partial charge is 0.00672 e. The summed E-state index contributed by atoms with van der Waals surface area (Å²) in [5, 5.41) is 0. The van der Waals surface area contributed by atoms with Crippen molar-refractivity contribution in [2.24, 2.45) is 17.6 Å². The zero-order chi connectivity index (χ0) is 8.97. The predicted molar refractivity (Wildman–Crippen MR) is 54.0 cm³/mol. The third kappa shape index (κ3) is 2.78. The molecule has 0 bridgehead atoms. The molecular weight excluding hydrogens is 146 g/mol. The molecule has 72 valence electrons. The highest BCUT2D eigenvalue weighted by atomic mass is 14.7. The van der Waals surface area contributed by atoms with Gasteiger partial charge in [0.1, 0.15) is 0 Å². The first-order valence-corrected chi connectivity index (χ1v) is 5.49. The van der Waals surface area contributed by atoms with Crippen LogP contribution in [-0.4, -0.2) is 6.04 Å². The lowest BCUT2D eigenvalue weighted by Crippen LogP contribution is -2.25. The maximum absolute atomic E-state index is 6.02. The Morgan fingerprint density at radius 1 is 1.42 bits per heavy atom. The van der Waals surface area contributed by atoms with Gasteiger partial charge < -0.3 is 5.73 Å². The summed E-state index contributed by atoms with van der Waals surface area (Å²) in [6, 6.07) is 0.518. The van der Waals surface area contributed by atoms with Gasteiger partial charge in [0.05, 0.1) is 0 Å². The van der Waals surface area contributed by atoms with E-state index in [0.717, 1.165) is 11.8 Å². The van der Waals surface area contributed by atoms with Crippen LogP contribution in [0, 0.1) is 11.8 Å². The molecule has 0 spiro atoms. The first kappa shape index (κ1) is 10.0. The summed E-state index contributed by atoms with van der Waals surface area (Å²) in [4.78, 5) is 0. The van der Waals surface area contributed by atoms with Crippen molar-refractivity contribution in [1.82, 2.24) is 0 Å². The molecule has 12 heavy (non-hydrogen) atoms. The highest BCUT2D eigenvalue weighted by Gasteiger charge is 2.24. The minimum absolute atomic E-state index is 0.518. The minimum Gasteiger partial charge on any atom is -0.327 e. The van der Waals surface area contributed by atoms with Gasteiger partial charge in [0.25, 0.3) is 0 Å². The summed E-state index contributed by atoms with van der Waals surface area (Å²) in [6.07, 6.45) is 8.09. The average molecular weight is 169 g/mol. The molecule has 1 rings (SSSR count). The molecule has 3 unspecified atom stereocenters. The van der Waals surface area contributed by atoms with Crippen molar-refractivity contribution >= 4 is 0 Å². The van der Waals surface area contributed by atoms with E-state index in [1.165, 1.54) is 38.5 Å². The van der Waals surface area contributed by atoms with Crippen LogP contribution in [0.25, 0.3) is 0 Å². The second-order valence-corrected chi connectivity index (χ2v) is 4.48. The molecule has 0 amide bonds. The summed E-state index contributed by atoms with van der Waals surface area (Å²) in [5.41, 5.74) is 6.02. The van der Waals surface area contributed by atoms with E-state index in [9.17, 15) is 0 Å². The van der Waals surface area contributed by atoms with E-state index in [2.05, 4.69) is 13.8 Å². The molecule has 1 heteroatoms. The molecule has 0 aromatic rings. The monoisotopic (exact) mass is 169 g/mol. The van der Waals surface area contributed by atoms with Crippen molar-refractivity contribution in [1.29, 1.82) is 0 Å². The van der Waals surface area contributed by atoms with E-state index >= 15 is 0 Å². The topological polar surface area (TPSA) is 26.0 Å². The van der Waals surface area contributed by atoms with Crippen molar-refractivity contribution in [2.45, 2.75) is 58.4 Å². The first-order valence-electron chi connectivity index (χ1n) is 5.49. The van der Waals surface area contributed by atoms with Gasteiger partial charge in [0, 0.05) is 6.04 Å². The second kappa shape index (κ2) is 4.86. The van der Waals surface area contributed by atoms with E-state index in [4.69, 9.17) is 5.73 Å². The lowest BCUT2D eigenvalue weighted by Gasteiger charge is -2.19. The molecule has 2 N–H and O–H groups in total. The maximum Gasteiger partial charge on any atom is 0.00672 e. The van der Waals surface area contributed by atoms with Gasteiger partial charge in [-0.1, -0.05) is 33.1 Å². The Kier molecular flexibility index (Phi) is 4.07. The fourth-order valence-electron chi connectivity index (χ4n) is 2.49. The molecular formula is C11H23N. The van der Waals surface area contributed by atoms with Gasteiger partial charge in [0.15, 0.2) is 0 Å². The van der Waals surface area contributed by atoms with Crippen LogP contribution in [0.5, 0.6) is 0 Å². The summed E-state index contributed by atoms with van der Waals surface area (Å²) < 4.78 is 0. The third-order valence-corrected chi connectivity index (χ3v) is 3.20. The average Bonchev–Trinajstić information content (AvgIpc) is 2.37. The van der Waals surface area contributed by atoms with Gasteiger partial charge in [-0.3, -0.25) is 0 Å². The van der Waals surface area contributed by atoms with Gasteiger partial charge >= 0.3 is 0 Å². The number of nitrogens with two attached hydrogens (primary N) is 1. The Balaban J connectivity index is 2.20. The van der Waals surface area contributed by atoms with Gasteiger partial charge in [-0.15, -0.1) is 0 Å². The Morgan fingerprint density at radius 2 is 2.17 bits per heavy atom. The molecule has 1 aliphatic rings. The first-order chi connectivity index (χ1) is 5.74. The van der Waals surface area contributed by atoms with Crippen molar-refractivity contribution < 1.29 is 0 Å². The second-order valence-electron chi connectivity index (χ2n) is 4.48. The van der Waals surface area contributed by atoms with Crippen LogP contribution in [0.3, 0.4) is 0 Å². The summed E-state index contributed by atoms with van der Waals surface area (Å²) in [6.45, 7) is 4.64. The van der Waals surface area contributed by atoms with Crippen molar-refractivity contribution in [3.05, 3.63) is 0 Å². The Bertz CT molecular complexity index is 122. The van der Waals surface area contributed by atoms with E-state index in [1.807, 2.05) is 0 Å². The lowest BCUT2D eigenvalue weighted by molar-refractivity contribution is 0.351. The number of hydrogen-bond acceptors (Lipinski definition) is 1. The molecule has 0 aliphatic heterocycles. The Labute approximate surface area is 76.7 Å². The van der Waals surface area contributed by atoms with Gasteiger partial charge in [-0.05, 0) is 31.1 Å².